The second kappa shape index (κ2) is 27.0. The highest BCUT2D eigenvalue weighted by molar-refractivity contribution is 9.09. The zero-order valence-corrected chi connectivity index (χ0v) is 28.9. The van der Waals surface area contributed by atoms with Crippen LogP contribution in [-0.4, -0.2) is 59.9 Å². The van der Waals surface area contributed by atoms with Crippen LogP contribution in [0.1, 0.15) is 78.4 Å². The number of hydrogen-bond acceptors (Lipinski definition) is 10. The highest BCUT2D eigenvalue weighted by Crippen LogP contribution is 2.14. The maximum absolute atomic E-state index is 11.5. The molecule has 10 nitrogen and oxygen atoms in total. The molecule has 2 aromatic carbocycles. The summed E-state index contributed by atoms with van der Waals surface area (Å²) in [7, 11) is 0. The Labute approximate surface area is 275 Å². The standard InChI is InChI=1S/C17H24O5.C11H14O3.C5H11Br.CO2/c1-17(2,3)22-16(19)13-20-11-7-10-15(18)21-12-14-8-5-4-6-9-14;12-8-4-7-11(13)14-9-10-5-2-1-3-6-10;1-5(2,3)4-6;2-1-3/h4-6,8-9H,7,10-13H2,1-3H3;1-3,5-6,12H,4,7-9H2;4H2,1-3H3;. The normalized spacial score (nSPS) is 10.2. The Morgan fingerprint density at radius 2 is 1.13 bits per heavy atom. The Morgan fingerprint density at radius 1 is 0.733 bits per heavy atom. The average Bonchev–Trinajstić information content (AvgIpc) is 2.98. The van der Waals surface area contributed by atoms with Gasteiger partial charge in [0, 0.05) is 31.4 Å². The molecule has 0 heterocycles. The van der Waals surface area contributed by atoms with E-state index in [-0.39, 0.29) is 50.8 Å². The molecule has 2 aromatic rings. The van der Waals surface area contributed by atoms with Crippen molar-refractivity contribution in [1.82, 2.24) is 0 Å². The zero-order valence-electron chi connectivity index (χ0n) is 27.3. The van der Waals surface area contributed by atoms with Gasteiger partial charge in [-0.1, -0.05) is 97.4 Å². The predicted molar refractivity (Wildman–Crippen MR) is 173 cm³/mol. The first-order valence-corrected chi connectivity index (χ1v) is 15.6. The molecule has 0 atom stereocenters. The van der Waals surface area contributed by atoms with Crippen molar-refractivity contribution in [2.24, 2.45) is 5.41 Å². The Bertz CT molecular complexity index is 1070. The van der Waals surface area contributed by atoms with E-state index in [4.69, 9.17) is 33.6 Å². The minimum absolute atomic E-state index is 0.0282. The first-order valence-electron chi connectivity index (χ1n) is 14.5. The van der Waals surface area contributed by atoms with Gasteiger partial charge in [-0.15, -0.1) is 0 Å². The van der Waals surface area contributed by atoms with Crippen molar-refractivity contribution in [2.45, 2.75) is 86.0 Å². The third-order valence-corrected chi connectivity index (χ3v) is 6.42. The van der Waals surface area contributed by atoms with Crippen molar-refractivity contribution in [3.8, 4) is 0 Å². The SMILES string of the molecule is CC(C)(C)CBr.CC(C)(C)OC(=O)COCCCC(=O)OCc1ccccc1.O=C(CCCO)OCc1ccccc1.O=C=O. The molecule has 0 bridgehead atoms. The Morgan fingerprint density at radius 3 is 1.49 bits per heavy atom. The Kier molecular flexibility index (Phi) is 26.2. The fourth-order valence-corrected chi connectivity index (χ4v) is 2.69. The van der Waals surface area contributed by atoms with E-state index >= 15 is 0 Å². The summed E-state index contributed by atoms with van der Waals surface area (Å²) >= 11 is 3.37. The minimum atomic E-state index is -0.512. The molecule has 0 aliphatic heterocycles. The van der Waals surface area contributed by atoms with E-state index in [1.807, 2.05) is 60.7 Å². The molecule has 0 aromatic heterocycles. The molecule has 1 N–H and O–H groups in total. The maximum Gasteiger partial charge on any atom is 0.373 e. The summed E-state index contributed by atoms with van der Waals surface area (Å²) < 4.78 is 20.4. The lowest BCUT2D eigenvalue weighted by atomic mass is 10.0. The molecule has 0 radical (unpaired) electrons. The Hall–Kier alpha value is -3.37. The van der Waals surface area contributed by atoms with Gasteiger partial charge in [-0.3, -0.25) is 9.59 Å². The number of hydrogen-bond donors (Lipinski definition) is 1. The van der Waals surface area contributed by atoms with E-state index < -0.39 is 11.6 Å². The van der Waals surface area contributed by atoms with Gasteiger partial charge in [0.2, 0.25) is 0 Å². The fraction of sp³-hybridized carbons (Fsp3) is 0.529. The van der Waals surface area contributed by atoms with Crippen LogP contribution in [0.25, 0.3) is 0 Å². The number of ether oxygens (including phenoxy) is 4. The third-order valence-electron chi connectivity index (χ3n) is 4.73. The summed E-state index contributed by atoms with van der Waals surface area (Å²) in [5.74, 6) is -0.938. The van der Waals surface area contributed by atoms with Gasteiger partial charge in [0.05, 0.1) is 0 Å². The topological polar surface area (TPSA) is 142 Å². The van der Waals surface area contributed by atoms with Crippen LogP contribution < -0.4 is 0 Å². The van der Waals surface area contributed by atoms with Crippen molar-refractivity contribution in [3.05, 3.63) is 71.8 Å². The van der Waals surface area contributed by atoms with Gasteiger partial charge in [-0.05, 0) is 50.2 Å². The fourth-order valence-electron chi connectivity index (χ4n) is 2.69. The molecule has 0 aliphatic rings. The van der Waals surface area contributed by atoms with Crippen LogP contribution >= 0.6 is 15.9 Å². The van der Waals surface area contributed by atoms with E-state index in [2.05, 4.69) is 36.7 Å². The molecule has 0 saturated carbocycles. The van der Waals surface area contributed by atoms with Crippen LogP contribution in [0.15, 0.2) is 60.7 Å². The second-order valence-corrected chi connectivity index (χ2v) is 12.2. The van der Waals surface area contributed by atoms with Crippen molar-refractivity contribution < 1.29 is 48.0 Å². The molecular formula is C34H49BrO10. The predicted octanol–water partition coefficient (Wildman–Crippen LogP) is 6.21. The van der Waals surface area contributed by atoms with Gasteiger partial charge < -0.3 is 24.1 Å². The Balaban J connectivity index is 0. The van der Waals surface area contributed by atoms with Crippen LogP contribution in [-0.2, 0) is 56.1 Å². The summed E-state index contributed by atoms with van der Waals surface area (Å²) in [4.78, 5) is 50.2. The van der Waals surface area contributed by atoms with Crippen molar-refractivity contribution >= 4 is 40.0 Å². The molecule has 0 aliphatic carbocycles. The molecule has 0 saturated heterocycles. The number of halogens is 1. The zero-order chi connectivity index (χ0) is 34.6. The van der Waals surface area contributed by atoms with Gasteiger partial charge in [0.15, 0.2) is 0 Å². The monoisotopic (exact) mass is 696 g/mol. The summed E-state index contributed by atoms with van der Waals surface area (Å²) in [6.07, 6.45) is 1.77. The van der Waals surface area contributed by atoms with E-state index in [0.29, 0.717) is 31.5 Å². The lowest BCUT2D eigenvalue weighted by Gasteiger charge is -2.19. The first kappa shape index (κ1) is 43.8. The van der Waals surface area contributed by atoms with E-state index in [1.54, 1.807) is 20.8 Å². The van der Waals surface area contributed by atoms with Gasteiger partial charge in [-0.25, -0.2) is 4.79 Å². The summed E-state index contributed by atoms with van der Waals surface area (Å²) in [5.41, 5.74) is 1.88. The molecule has 252 valence electrons. The largest absolute Gasteiger partial charge is 0.461 e. The quantitative estimate of drug-likeness (QED) is 0.111. The molecule has 0 spiro atoms. The van der Waals surface area contributed by atoms with Crippen LogP contribution in [0.2, 0.25) is 0 Å². The molecule has 0 amide bonds. The highest BCUT2D eigenvalue weighted by Gasteiger charge is 2.16. The van der Waals surface area contributed by atoms with E-state index in [0.717, 1.165) is 16.5 Å². The molecular weight excluding hydrogens is 648 g/mol. The van der Waals surface area contributed by atoms with Crippen molar-refractivity contribution in [1.29, 1.82) is 0 Å². The minimum Gasteiger partial charge on any atom is -0.461 e. The van der Waals surface area contributed by atoms with Crippen molar-refractivity contribution in [2.75, 3.05) is 25.2 Å². The average molecular weight is 698 g/mol. The maximum atomic E-state index is 11.5. The number of aliphatic hydroxyl groups is 1. The molecule has 2 rings (SSSR count). The van der Waals surface area contributed by atoms with Crippen LogP contribution in [0, 0.1) is 5.41 Å². The second-order valence-electron chi connectivity index (χ2n) is 11.6. The van der Waals surface area contributed by atoms with E-state index in [1.165, 1.54) is 0 Å². The van der Waals surface area contributed by atoms with E-state index in [9.17, 15) is 14.4 Å². The van der Waals surface area contributed by atoms with Gasteiger partial charge in [0.1, 0.15) is 25.4 Å². The lowest BCUT2D eigenvalue weighted by molar-refractivity contribution is -0.191. The van der Waals surface area contributed by atoms with Gasteiger partial charge in [-0.2, -0.15) is 9.59 Å². The summed E-state index contributed by atoms with van der Waals surface area (Å²) in [6.45, 7) is 12.8. The van der Waals surface area contributed by atoms with Crippen molar-refractivity contribution in [3.63, 3.8) is 0 Å². The number of alkyl halides is 1. The van der Waals surface area contributed by atoms with Crippen LogP contribution in [0.4, 0.5) is 0 Å². The number of aliphatic hydroxyl groups excluding tert-OH is 1. The third kappa shape index (κ3) is 33.4. The lowest BCUT2D eigenvalue weighted by Crippen LogP contribution is -2.26. The number of carbonyl (C=O) groups excluding carboxylic acids is 5. The van der Waals surface area contributed by atoms with Gasteiger partial charge >= 0.3 is 24.1 Å². The molecule has 45 heavy (non-hydrogen) atoms. The van der Waals surface area contributed by atoms with Gasteiger partial charge in [0.25, 0.3) is 0 Å². The molecule has 11 heteroatoms. The number of esters is 3. The summed E-state index contributed by atoms with van der Waals surface area (Å²) in [6, 6.07) is 19.0. The summed E-state index contributed by atoms with van der Waals surface area (Å²) in [5, 5.41) is 9.58. The first-order chi connectivity index (χ1) is 21.2. The molecule has 0 unspecified atom stereocenters. The number of carbonyl (C=O) groups is 3. The van der Waals surface area contributed by atoms with Crippen LogP contribution in [0.3, 0.4) is 0 Å². The number of benzene rings is 2. The molecule has 0 fully saturated rings. The highest BCUT2D eigenvalue weighted by atomic mass is 79.9. The smallest absolute Gasteiger partial charge is 0.373 e. The van der Waals surface area contributed by atoms with Crippen LogP contribution in [0.5, 0.6) is 0 Å². The number of rotatable bonds is 13.